The van der Waals surface area contributed by atoms with Gasteiger partial charge >= 0.3 is 6.85 Å². The van der Waals surface area contributed by atoms with Crippen molar-refractivity contribution in [1.82, 2.24) is 4.57 Å². The SMILES string of the molecule is CC(C)(C)c1ccc(N2B3c4cc5c(cc4-n4c6ccc(C(C)(C)C)cc6c6c7c(c(c3c64)-c3cc(C(C)(C)C)ccc32)-c2ccccc2C7(C)C)C(C)(C)c2ccccc2-5)cc1. The summed E-state index contributed by atoms with van der Waals surface area (Å²) in [7, 11) is 0. The van der Waals surface area contributed by atoms with Crippen molar-refractivity contribution in [2.24, 2.45) is 0 Å². The van der Waals surface area contributed by atoms with Gasteiger partial charge in [0.15, 0.2) is 0 Å². The molecule has 0 spiro atoms. The van der Waals surface area contributed by atoms with Crippen molar-refractivity contribution < 1.29 is 0 Å². The average molecular weight is 819 g/mol. The third-order valence-corrected chi connectivity index (χ3v) is 15.8. The summed E-state index contributed by atoms with van der Waals surface area (Å²) in [4.78, 5) is 2.73. The van der Waals surface area contributed by atoms with Gasteiger partial charge < -0.3 is 9.38 Å². The number of fused-ring (bicyclic) bond motifs is 16. The van der Waals surface area contributed by atoms with Crippen LogP contribution < -0.4 is 15.7 Å². The van der Waals surface area contributed by atoms with Gasteiger partial charge in [0.05, 0.1) is 11.0 Å². The molecule has 0 atom stereocenters. The lowest BCUT2D eigenvalue weighted by Gasteiger charge is -2.44. The lowest BCUT2D eigenvalue weighted by atomic mass is 9.43. The molecule has 4 aliphatic rings. The van der Waals surface area contributed by atoms with Crippen LogP contribution in [0.1, 0.15) is 129 Å². The predicted octanol–water partition coefficient (Wildman–Crippen LogP) is 14.5. The van der Waals surface area contributed by atoms with Crippen LogP contribution in [0.15, 0.2) is 121 Å². The lowest BCUT2D eigenvalue weighted by Crippen LogP contribution is -2.61. The topological polar surface area (TPSA) is 8.17 Å². The molecule has 63 heavy (non-hydrogen) atoms. The molecule has 2 aliphatic heterocycles. The van der Waals surface area contributed by atoms with E-state index in [4.69, 9.17) is 0 Å². The zero-order valence-electron chi connectivity index (χ0n) is 39.5. The lowest BCUT2D eigenvalue weighted by molar-refractivity contribution is 0.590. The molecule has 0 unspecified atom stereocenters. The van der Waals surface area contributed by atoms with Crippen LogP contribution in [0.5, 0.6) is 0 Å². The predicted molar refractivity (Wildman–Crippen MR) is 271 cm³/mol. The molecule has 2 aliphatic carbocycles. The Morgan fingerprint density at radius 3 is 1.73 bits per heavy atom. The van der Waals surface area contributed by atoms with Gasteiger partial charge in [0.25, 0.3) is 0 Å². The van der Waals surface area contributed by atoms with E-state index in [0.717, 1.165) is 0 Å². The Labute approximate surface area is 375 Å². The second kappa shape index (κ2) is 12.1. The van der Waals surface area contributed by atoms with Crippen molar-refractivity contribution in [3.05, 3.63) is 160 Å². The Bertz CT molecular complexity index is 3330. The van der Waals surface area contributed by atoms with Crippen LogP contribution in [0.3, 0.4) is 0 Å². The summed E-state index contributed by atoms with van der Waals surface area (Å²) in [5.41, 5.74) is 27.0. The van der Waals surface area contributed by atoms with Crippen molar-refractivity contribution in [3.8, 4) is 39.1 Å². The van der Waals surface area contributed by atoms with E-state index in [1.54, 1.807) is 0 Å². The van der Waals surface area contributed by atoms with Crippen molar-refractivity contribution in [2.75, 3.05) is 4.81 Å². The molecule has 8 aromatic rings. The van der Waals surface area contributed by atoms with Gasteiger partial charge in [0.1, 0.15) is 0 Å². The number of hydrogen-bond acceptors (Lipinski definition) is 1. The highest BCUT2D eigenvalue weighted by atomic mass is 15.1. The molecule has 0 amide bonds. The fourth-order valence-electron chi connectivity index (χ4n) is 12.4. The highest BCUT2D eigenvalue weighted by Crippen LogP contribution is 2.60. The Kier molecular flexibility index (Phi) is 7.43. The monoisotopic (exact) mass is 818 g/mol. The first-order valence-electron chi connectivity index (χ1n) is 23.3. The molecule has 0 fully saturated rings. The molecule has 2 nitrogen and oxygen atoms in total. The molecular weight excluding hydrogens is 759 g/mol. The number of rotatable bonds is 1. The van der Waals surface area contributed by atoms with E-state index in [2.05, 4.69) is 221 Å². The van der Waals surface area contributed by atoms with Gasteiger partial charge in [-0.3, -0.25) is 0 Å². The summed E-state index contributed by atoms with van der Waals surface area (Å²) >= 11 is 0. The van der Waals surface area contributed by atoms with E-state index in [9.17, 15) is 0 Å². The number of nitrogens with zero attached hydrogens (tertiary/aromatic N) is 2. The van der Waals surface area contributed by atoms with Gasteiger partial charge in [-0.1, -0.05) is 169 Å². The van der Waals surface area contributed by atoms with Crippen LogP contribution >= 0.6 is 0 Å². The second-order valence-electron chi connectivity index (χ2n) is 23.4. The van der Waals surface area contributed by atoms with Crippen LogP contribution in [-0.4, -0.2) is 11.4 Å². The van der Waals surface area contributed by atoms with Crippen molar-refractivity contribution in [2.45, 2.75) is 117 Å². The Morgan fingerprint density at radius 2 is 1.06 bits per heavy atom. The number of aromatic nitrogens is 1. The molecule has 12 rings (SSSR count). The maximum Gasteiger partial charge on any atom is 0.333 e. The van der Waals surface area contributed by atoms with E-state index in [1.165, 1.54) is 122 Å². The second-order valence-corrected chi connectivity index (χ2v) is 23.4. The van der Waals surface area contributed by atoms with Crippen LogP contribution in [0.25, 0.3) is 60.9 Å². The number of benzene rings is 7. The normalized spacial score (nSPS) is 16.2. The molecule has 7 aromatic carbocycles. The van der Waals surface area contributed by atoms with Crippen LogP contribution in [0.2, 0.25) is 0 Å². The summed E-state index contributed by atoms with van der Waals surface area (Å²) in [5.74, 6) is 0. The standard InChI is InChI=1S/C60H59BN2/c1-56(2,3)34-22-26-37(27-23-34)63-48-29-25-36(58(7,8)9)31-42(48)51-50-39-19-15-17-21-44(39)60(12,13)53(50)52-41-30-35(57(4,5)6)24-28-47(41)62-49-33-45-40(32-46(49)61(63)54(51)55(52)62)38-18-14-16-20-43(38)59(45,10)11/h14-33H,1-13H3. The largest absolute Gasteiger partial charge is 0.376 e. The first kappa shape index (κ1) is 38.8. The molecule has 0 saturated carbocycles. The van der Waals surface area contributed by atoms with Gasteiger partial charge in [0.2, 0.25) is 0 Å². The molecule has 1 aromatic heterocycles. The highest BCUT2D eigenvalue weighted by Gasteiger charge is 2.51. The van der Waals surface area contributed by atoms with E-state index in [1.807, 2.05) is 0 Å². The molecule has 0 N–H and O–H groups in total. The molecule has 0 bridgehead atoms. The third kappa shape index (κ3) is 4.97. The summed E-state index contributed by atoms with van der Waals surface area (Å²) in [6.45, 7) is 30.9. The molecule has 0 radical (unpaired) electrons. The smallest absolute Gasteiger partial charge is 0.333 e. The zero-order valence-corrected chi connectivity index (χ0v) is 39.5. The Balaban J connectivity index is 1.33. The number of hydrogen-bond donors (Lipinski definition) is 0. The highest BCUT2D eigenvalue weighted by molar-refractivity contribution is 6.94. The fourth-order valence-corrected chi connectivity index (χ4v) is 12.4. The first-order chi connectivity index (χ1) is 29.7. The molecule has 312 valence electrons. The van der Waals surface area contributed by atoms with Gasteiger partial charge in [-0.2, -0.15) is 0 Å². The zero-order chi connectivity index (χ0) is 44.1. The van der Waals surface area contributed by atoms with Crippen LogP contribution in [0.4, 0.5) is 11.4 Å². The molecule has 0 saturated heterocycles. The van der Waals surface area contributed by atoms with Crippen molar-refractivity contribution in [1.29, 1.82) is 0 Å². The summed E-state index contributed by atoms with van der Waals surface area (Å²) in [6, 6.07) is 48.1. The van der Waals surface area contributed by atoms with Gasteiger partial charge in [-0.05, 0) is 136 Å². The van der Waals surface area contributed by atoms with E-state index in [0.29, 0.717) is 0 Å². The van der Waals surface area contributed by atoms with E-state index < -0.39 is 0 Å². The molecular formula is C60H59BN2. The third-order valence-electron chi connectivity index (χ3n) is 15.8. The Hall–Kier alpha value is -5.80. The van der Waals surface area contributed by atoms with E-state index in [-0.39, 0.29) is 33.9 Å². The van der Waals surface area contributed by atoms with E-state index >= 15 is 0 Å². The van der Waals surface area contributed by atoms with Crippen LogP contribution in [-0.2, 0) is 27.1 Å². The quantitative estimate of drug-likeness (QED) is 0.150. The van der Waals surface area contributed by atoms with Gasteiger partial charge in [-0.15, -0.1) is 0 Å². The summed E-state index contributed by atoms with van der Waals surface area (Å²) < 4.78 is 2.72. The minimum Gasteiger partial charge on any atom is -0.376 e. The fraction of sp³-hybridized carbons (Fsp3) is 0.300. The van der Waals surface area contributed by atoms with Gasteiger partial charge in [0, 0.05) is 44.2 Å². The van der Waals surface area contributed by atoms with Crippen LogP contribution in [0, 0.1) is 0 Å². The first-order valence-corrected chi connectivity index (χ1v) is 23.3. The van der Waals surface area contributed by atoms with Crippen molar-refractivity contribution in [3.63, 3.8) is 0 Å². The Morgan fingerprint density at radius 1 is 0.476 bits per heavy atom. The average Bonchev–Trinajstić information content (AvgIpc) is 3.78. The summed E-state index contributed by atoms with van der Waals surface area (Å²) in [5, 5.41) is 2.78. The minimum atomic E-state index is -0.225. The number of anilines is 2. The minimum absolute atomic E-state index is 0.00592. The maximum atomic E-state index is 2.73. The van der Waals surface area contributed by atoms with Gasteiger partial charge in [-0.25, -0.2) is 0 Å². The van der Waals surface area contributed by atoms with Crippen molar-refractivity contribution >= 4 is 51.0 Å². The summed E-state index contributed by atoms with van der Waals surface area (Å²) in [6.07, 6.45) is 0. The molecule has 3 heterocycles. The molecule has 3 heteroatoms. The maximum absolute atomic E-state index is 2.73.